The molecule has 5 heterocycles. The minimum absolute atomic E-state index is 0.0796. The van der Waals surface area contributed by atoms with Gasteiger partial charge in [-0.3, -0.25) is 19.8 Å². The SMILES string of the molecule is CCOc1nc2[nH]ccc2cc1Oc1cc(N2CCC3(CC2)CN([C@@H]2CCC[C@@H]2c2ccccc2C(C)C)C3)ccc1C(=O)NS(=O)(=O)c1cnc(NCCCC[C@](C)(O)CC)c([N+](=O)[O-])c1. The summed E-state index contributed by atoms with van der Waals surface area (Å²) in [4.78, 5) is 41.7. The number of sulfonamides is 1. The van der Waals surface area contributed by atoms with Crippen LogP contribution in [0.3, 0.4) is 0 Å². The van der Waals surface area contributed by atoms with Crippen LogP contribution in [0.1, 0.15) is 126 Å². The van der Waals surface area contributed by atoms with E-state index in [2.05, 4.69) is 72.9 Å². The van der Waals surface area contributed by atoms with Gasteiger partial charge in [0.05, 0.1) is 28.9 Å². The van der Waals surface area contributed by atoms with Crippen LogP contribution in [0.5, 0.6) is 17.4 Å². The number of benzene rings is 2. The molecule has 358 valence electrons. The molecule has 2 aliphatic heterocycles. The number of ether oxygens (including phenoxy) is 2. The van der Waals surface area contributed by atoms with E-state index in [1.165, 1.54) is 36.5 Å². The van der Waals surface area contributed by atoms with Crippen LogP contribution in [0.15, 0.2) is 78.0 Å². The van der Waals surface area contributed by atoms with E-state index in [-0.39, 0.29) is 40.8 Å². The molecule has 2 saturated heterocycles. The number of nitrogens with zero attached hydrogens (tertiary/aromatic N) is 5. The Morgan fingerprint density at radius 1 is 1.06 bits per heavy atom. The van der Waals surface area contributed by atoms with Crippen molar-refractivity contribution in [2.24, 2.45) is 5.41 Å². The molecule has 4 N–H and O–H groups in total. The first-order valence-corrected chi connectivity index (χ1v) is 25.3. The fourth-order valence-electron chi connectivity index (χ4n) is 10.2. The second kappa shape index (κ2) is 19.8. The Morgan fingerprint density at radius 2 is 1.84 bits per heavy atom. The molecule has 3 aliphatic rings. The predicted octanol–water partition coefficient (Wildman–Crippen LogP) is 9.28. The third-order valence-corrected chi connectivity index (χ3v) is 15.5. The number of hydrogen-bond acceptors (Lipinski definition) is 13. The van der Waals surface area contributed by atoms with Gasteiger partial charge in [0.15, 0.2) is 5.75 Å². The molecule has 0 bridgehead atoms. The van der Waals surface area contributed by atoms with E-state index in [1.54, 1.807) is 31.3 Å². The lowest BCUT2D eigenvalue weighted by Gasteiger charge is -2.57. The van der Waals surface area contributed by atoms with Crippen molar-refractivity contribution < 1.29 is 32.7 Å². The highest BCUT2D eigenvalue weighted by Gasteiger charge is 2.49. The van der Waals surface area contributed by atoms with Crippen LogP contribution in [0, 0.1) is 15.5 Å². The number of anilines is 2. The lowest BCUT2D eigenvalue weighted by atomic mass is 9.70. The normalized spacial score (nSPS) is 19.3. The molecule has 8 rings (SSSR count). The monoisotopic (exact) mass is 936 g/mol. The molecule has 1 spiro atoms. The average Bonchev–Trinajstić information content (AvgIpc) is 3.98. The minimum Gasteiger partial charge on any atom is -0.475 e. The Kier molecular flexibility index (Phi) is 14.1. The van der Waals surface area contributed by atoms with Gasteiger partial charge in [0.1, 0.15) is 16.3 Å². The van der Waals surface area contributed by atoms with E-state index in [4.69, 9.17) is 9.47 Å². The number of piperidine rings is 1. The van der Waals surface area contributed by atoms with Gasteiger partial charge in [-0.05, 0) is 118 Å². The van der Waals surface area contributed by atoms with E-state index in [0.29, 0.717) is 55.8 Å². The minimum atomic E-state index is -4.67. The number of aliphatic hydroxyl groups is 1. The van der Waals surface area contributed by atoms with Gasteiger partial charge in [0.25, 0.3) is 21.8 Å². The number of unbranched alkanes of at least 4 members (excludes halogenated alkanes) is 1. The lowest BCUT2D eigenvalue weighted by molar-refractivity contribution is -0.384. The van der Waals surface area contributed by atoms with Crippen molar-refractivity contribution >= 4 is 44.2 Å². The van der Waals surface area contributed by atoms with Crippen molar-refractivity contribution in [1.82, 2.24) is 24.6 Å². The Morgan fingerprint density at radius 3 is 2.57 bits per heavy atom. The van der Waals surface area contributed by atoms with E-state index in [1.807, 2.05) is 19.9 Å². The zero-order chi connectivity index (χ0) is 47.5. The average molecular weight is 937 g/mol. The largest absolute Gasteiger partial charge is 0.475 e. The molecule has 17 heteroatoms. The molecular weight excluding hydrogens is 873 g/mol. The standard InChI is InChI=1S/C50H64N8O8S/c1-6-49(5,60)20-10-11-23-51-46-42(58(61)62)29-36(30-53-46)67(63,64)55-47(59)40-18-17-35(28-43(40)66-44-27-34-19-24-52-45(34)54-48(44)65-7-2)56-25-21-50(22-26-56)31-57(32-50)41-16-12-15-39(41)38-14-9-8-13-37(38)33(3)4/h8-9,13-14,17-19,24,27-30,33,39,41,60H,6-7,10-12,15-16,20-23,25-26,31-32H2,1-5H3,(H,51,53)(H,52,54)(H,55,59)/t39-,41-,49-/m1/s1. The highest BCUT2D eigenvalue weighted by Crippen LogP contribution is 2.49. The van der Waals surface area contributed by atoms with Crippen molar-refractivity contribution in [3.63, 3.8) is 0 Å². The van der Waals surface area contributed by atoms with Crippen LogP contribution < -0.4 is 24.4 Å². The molecular formula is C50H64N8O8S. The maximum Gasteiger partial charge on any atom is 0.312 e. The van der Waals surface area contributed by atoms with Gasteiger partial charge >= 0.3 is 5.69 Å². The smallest absolute Gasteiger partial charge is 0.312 e. The molecule has 5 aromatic rings. The van der Waals surface area contributed by atoms with Crippen LogP contribution in [0.2, 0.25) is 0 Å². The van der Waals surface area contributed by atoms with Gasteiger partial charge in [-0.25, -0.2) is 18.1 Å². The fourth-order valence-corrected chi connectivity index (χ4v) is 11.1. The molecule has 3 fully saturated rings. The van der Waals surface area contributed by atoms with Crippen molar-refractivity contribution in [2.45, 2.75) is 121 Å². The number of amides is 1. The van der Waals surface area contributed by atoms with Crippen LogP contribution >= 0.6 is 0 Å². The highest BCUT2D eigenvalue weighted by atomic mass is 32.2. The van der Waals surface area contributed by atoms with Gasteiger partial charge in [0.2, 0.25) is 5.82 Å². The van der Waals surface area contributed by atoms with E-state index in [0.717, 1.165) is 62.4 Å². The molecule has 0 radical (unpaired) electrons. The van der Waals surface area contributed by atoms with Gasteiger partial charge in [-0.2, -0.15) is 4.98 Å². The number of aromatic nitrogens is 3. The molecule has 0 unspecified atom stereocenters. The summed E-state index contributed by atoms with van der Waals surface area (Å²) in [5, 5.41) is 26.0. The molecule has 1 amide bonds. The third kappa shape index (κ3) is 10.5. The van der Waals surface area contributed by atoms with Gasteiger partial charge in [0, 0.05) is 68.2 Å². The van der Waals surface area contributed by atoms with Gasteiger partial charge in [-0.15, -0.1) is 0 Å². The summed E-state index contributed by atoms with van der Waals surface area (Å²) >= 11 is 0. The van der Waals surface area contributed by atoms with Gasteiger partial charge in [-0.1, -0.05) is 51.5 Å². The number of carbonyl (C=O) groups is 1. The maximum atomic E-state index is 14.1. The summed E-state index contributed by atoms with van der Waals surface area (Å²) in [6.45, 7) is 14.4. The van der Waals surface area contributed by atoms with Crippen molar-refractivity contribution in [3.05, 3.63) is 99.9 Å². The molecule has 3 atom stereocenters. The number of nitro groups is 1. The highest BCUT2D eigenvalue weighted by molar-refractivity contribution is 7.90. The predicted molar refractivity (Wildman–Crippen MR) is 259 cm³/mol. The summed E-state index contributed by atoms with van der Waals surface area (Å²) in [6.07, 6.45) is 10.9. The molecule has 16 nitrogen and oxygen atoms in total. The summed E-state index contributed by atoms with van der Waals surface area (Å²) in [7, 11) is -4.67. The van der Waals surface area contributed by atoms with Crippen molar-refractivity contribution in [1.29, 1.82) is 0 Å². The number of carbonyl (C=O) groups excluding carboxylic acids is 1. The summed E-state index contributed by atoms with van der Waals surface area (Å²) in [5.74, 6) is 0.443. The van der Waals surface area contributed by atoms with E-state index < -0.39 is 37.0 Å². The summed E-state index contributed by atoms with van der Waals surface area (Å²) in [6, 6.07) is 19.1. The number of aromatic amines is 1. The number of nitrogens with one attached hydrogen (secondary N) is 3. The number of fused-ring (bicyclic) bond motifs is 1. The number of H-pyrrole nitrogens is 1. The molecule has 67 heavy (non-hydrogen) atoms. The molecule has 3 aromatic heterocycles. The first-order chi connectivity index (χ1) is 32.1. The van der Waals surface area contributed by atoms with Gasteiger partial charge < -0.3 is 29.8 Å². The van der Waals surface area contributed by atoms with E-state index >= 15 is 0 Å². The molecule has 2 aromatic carbocycles. The first kappa shape index (κ1) is 47.7. The number of likely N-dealkylation sites (tertiary alicyclic amines) is 1. The quantitative estimate of drug-likeness (QED) is 0.0347. The summed E-state index contributed by atoms with van der Waals surface area (Å²) < 4.78 is 42.0. The Hall–Kier alpha value is -5.78. The van der Waals surface area contributed by atoms with Crippen molar-refractivity contribution in [3.8, 4) is 17.4 Å². The zero-order valence-corrected chi connectivity index (χ0v) is 40.0. The maximum absolute atomic E-state index is 14.1. The second-order valence-corrected chi connectivity index (χ2v) is 20.9. The molecule has 1 aliphatic carbocycles. The fraction of sp³-hybridized carbons (Fsp3) is 0.500. The number of rotatable bonds is 19. The second-order valence-electron chi connectivity index (χ2n) is 19.2. The number of pyridine rings is 2. The first-order valence-electron chi connectivity index (χ1n) is 23.8. The Bertz CT molecular complexity index is 2690. The lowest BCUT2D eigenvalue weighted by Crippen LogP contribution is -2.63. The van der Waals surface area contributed by atoms with Crippen molar-refractivity contribution in [2.75, 3.05) is 49.5 Å². The summed E-state index contributed by atoms with van der Waals surface area (Å²) in [5.41, 5.74) is 3.19. The Labute approximate surface area is 393 Å². The van der Waals surface area contributed by atoms with E-state index in [9.17, 15) is 28.4 Å². The third-order valence-electron chi connectivity index (χ3n) is 14.2. The Balaban J connectivity index is 0.992. The van der Waals surface area contributed by atoms with Crippen LogP contribution in [-0.4, -0.2) is 95.2 Å². The van der Waals surface area contributed by atoms with Crippen LogP contribution in [0.4, 0.5) is 17.2 Å². The van der Waals surface area contributed by atoms with Crippen LogP contribution in [0.25, 0.3) is 11.0 Å². The van der Waals surface area contributed by atoms with Crippen LogP contribution in [-0.2, 0) is 10.0 Å². The topological polar surface area (TPSA) is 205 Å². The zero-order valence-electron chi connectivity index (χ0n) is 39.2. The molecule has 1 saturated carbocycles. The number of hydrogen-bond donors (Lipinski definition) is 4.